The molecule has 0 atom stereocenters. The lowest BCUT2D eigenvalue weighted by Gasteiger charge is -2.10. The molecule has 1 N–H and O–H groups in total. The molecule has 1 saturated heterocycles. The fourth-order valence-electron chi connectivity index (χ4n) is 1.87. The van der Waals surface area contributed by atoms with Crippen molar-refractivity contribution in [1.29, 1.82) is 0 Å². The van der Waals surface area contributed by atoms with Crippen molar-refractivity contribution in [2.75, 3.05) is 13.2 Å². The molecule has 0 bridgehead atoms. The lowest BCUT2D eigenvalue weighted by Crippen LogP contribution is -2.27. The maximum Gasteiger partial charge on any atom is 0.266 e. The molecule has 22 heavy (non-hydrogen) atoms. The predicted molar refractivity (Wildman–Crippen MR) is 97.1 cm³/mol. The van der Waals surface area contributed by atoms with Crippen molar-refractivity contribution in [1.82, 2.24) is 4.90 Å². The van der Waals surface area contributed by atoms with Gasteiger partial charge in [0.1, 0.15) is 4.32 Å². The highest BCUT2D eigenvalue weighted by molar-refractivity contribution is 9.10. The van der Waals surface area contributed by atoms with Crippen LogP contribution in [-0.2, 0) is 4.79 Å². The number of carbonyl (C=O) groups excluding carboxylic acids is 1. The van der Waals surface area contributed by atoms with Crippen molar-refractivity contribution in [2.45, 2.75) is 6.92 Å². The van der Waals surface area contributed by atoms with Gasteiger partial charge in [0, 0.05) is 11.0 Å². The molecule has 0 aromatic heterocycles. The first kappa shape index (κ1) is 17.1. The minimum atomic E-state index is -0.146. The lowest BCUT2D eigenvalue weighted by molar-refractivity contribution is -0.121. The third-order valence-electron chi connectivity index (χ3n) is 2.85. The van der Waals surface area contributed by atoms with Crippen molar-refractivity contribution < 1.29 is 14.6 Å². The second kappa shape index (κ2) is 7.30. The summed E-state index contributed by atoms with van der Waals surface area (Å²) in [6, 6.07) is 3.23. The minimum absolute atomic E-state index is 0.0464. The lowest BCUT2D eigenvalue weighted by atomic mass is 10.2. The molecule has 1 amide bonds. The van der Waals surface area contributed by atoms with Crippen LogP contribution in [0.1, 0.15) is 12.5 Å². The van der Waals surface area contributed by atoms with Crippen LogP contribution in [-0.4, -0.2) is 33.4 Å². The number of hydrogen-bond donors (Lipinski definition) is 1. The summed E-state index contributed by atoms with van der Waals surface area (Å²) in [5.74, 6) is 0.274. The number of phenolic OH excluding ortho intramolecular Hbond substituents is 1. The number of aromatic hydroxyl groups is 1. The van der Waals surface area contributed by atoms with E-state index >= 15 is 0 Å². The first-order valence-electron chi connectivity index (χ1n) is 6.49. The van der Waals surface area contributed by atoms with E-state index in [1.165, 1.54) is 16.7 Å². The standard InChI is InChI=1S/C15H14BrNO3S2/c1-3-5-17-14(19)13(22-15(17)21)7-9-6-12(20-4-2)11(18)8-10(9)16/h3,6-8,18H,1,4-5H2,2H3/b13-7+. The first-order valence-corrected chi connectivity index (χ1v) is 8.51. The molecule has 116 valence electrons. The summed E-state index contributed by atoms with van der Waals surface area (Å²) in [7, 11) is 0. The largest absolute Gasteiger partial charge is 0.504 e. The van der Waals surface area contributed by atoms with Gasteiger partial charge in [-0.15, -0.1) is 6.58 Å². The maximum absolute atomic E-state index is 12.3. The Morgan fingerprint density at radius 1 is 1.55 bits per heavy atom. The molecule has 1 aliphatic rings. The van der Waals surface area contributed by atoms with E-state index in [4.69, 9.17) is 17.0 Å². The van der Waals surface area contributed by atoms with E-state index in [0.717, 1.165) is 5.56 Å². The second-order valence-electron chi connectivity index (χ2n) is 4.36. The molecule has 1 aromatic carbocycles. The molecule has 0 spiro atoms. The van der Waals surface area contributed by atoms with E-state index in [0.29, 0.717) is 32.6 Å². The molecule has 0 unspecified atom stereocenters. The molecule has 1 fully saturated rings. The second-order valence-corrected chi connectivity index (χ2v) is 6.89. The van der Waals surface area contributed by atoms with E-state index in [1.54, 1.807) is 24.3 Å². The summed E-state index contributed by atoms with van der Waals surface area (Å²) in [5, 5.41) is 9.83. The van der Waals surface area contributed by atoms with Crippen LogP contribution in [0.25, 0.3) is 6.08 Å². The Bertz CT molecular complexity index is 673. The van der Waals surface area contributed by atoms with Gasteiger partial charge in [-0.05, 0) is 30.7 Å². The molecule has 1 aliphatic heterocycles. The molecule has 0 aliphatic carbocycles. The number of phenols is 1. The summed E-state index contributed by atoms with van der Waals surface area (Å²) in [5.41, 5.74) is 0.736. The number of benzene rings is 1. The zero-order valence-corrected chi connectivity index (χ0v) is 15.1. The number of hydrogen-bond acceptors (Lipinski definition) is 5. The van der Waals surface area contributed by atoms with Gasteiger partial charge in [0.15, 0.2) is 11.5 Å². The Morgan fingerprint density at radius 2 is 2.27 bits per heavy atom. The zero-order chi connectivity index (χ0) is 16.3. The van der Waals surface area contributed by atoms with E-state index in [1.807, 2.05) is 6.92 Å². The molecule has 0 radical (unpaired) electrons. The van der Waals surface area contributed by atoms with Crippen LogP contribution in [0.5, 0.6) is 11.5 Å². The highest BCUT2D eigenvalue weighted by atomic mass is 79.9. The monoisotopic (exact) mass is 399 g/mol. The first-order chi connectivity index (χ1) is 10.5. The van der Waals surface area contributed by atoms with Crippen LogP contribution < -0.4 is 4.74 Å². The number of ether oxygens (including phenoxy) is 1. The number of halogens is 1. The Balaban J connectivity index is 2.37. The average molecular weight is 400 g/mol. The molecule has 1 aromatic rings. The smallest absolute Gasteiger partial charge is 0.266 e. The Morgan fingerprint density at radius 3 is 2.91 bits per heavy atom. The predicted octanol–water partition coefficient (Wildman–Crippen LogP) is 3.94. The van der Waals surface area contributed by atoms with Crippen LogP contribution in [0.4, 0.5) is 0 Å². The van der Waals surface area contributed by atoms with Crippen molar-refractivity contribution in [3.8, 4) is 11.5 Å². The van der Waals surface area contributed by atoms with Gasteiger partial charge in [0.05, 0.1) is 11.5 Å². The average Bonchev–Trinajstić information content (AvgIpc) is 2.72. The van der Waals surface area contributed by atoms with Gasteiger partial charge in [0.25, 0.3) is 5.91 Å². The van der Waals surface area contributed by atoms with Crippen molar-refractivity contribution in [3.63, 3.8) is 0 Å². The highest BCUT2D eigenvalue weighted by Gasteiger charge is 2.31. The van der Waals surface area contributed by atoms with Crippen LogP contribution in [0.2, 0.25) is 0 Å². The number of thiocarbonyl (C=S) groups is 1. The van der Waals surface area contributed by atoms with E-state index in [9.17, 15) is 9.90 Å². The number of nitrogens with zero attached hydrogens (tertiary/aromatic N) is 1. The van der Waals surface area contributed by atoms with Crippen LogP contribution >= 0.6 is 39.9 Å². The SMILES string of the molecule is C=CCN1C(=O)/C(=C\c2cc(OCC)c(O)cc2Br)SC1=S. The quantitative estimate of drug-likeness (QED) is 0.461. The number of amides is 1. The van der Waals surface area contributed by atoms with Gasteiger partial charge < -0.3 is 9.84 Å². The van der Waals surface area contributed by atoms with E-state index in [2.05, 4.69) is 22.5 Å². The van der Waals surface area contributed by atoms with Crippen LogP contribution in [0, 0.1) is 0 Å². The maximum atomic E-state index is 12.3. The fourth-order valence-corrected chi connectivity index (χ4v) is 3.58. The Hall–Kier alpha value is -1.31. The Labute approximate surface area is 147 Å². The van der Waals surface area contributed by atoms with Crippen molar-refractivity contribution in [3.05, 3.63) is 39.7 Å². The van der Waals surface area contributed by atoms with Crippen LogP contribution in [0.15, 0.2) is 34.2 Å². The van der Waals surface area contributed by atoms with E-state index in [-0.39, 0.29) is 11.7 Å². The van der Waals surface area contributed by atoms with Gasteiger partial charge in [-0.25, -0.2) is 0 Å². The van der Waals surface area contributed by atoms with Crippen molar-refractivity contribution >= 4 is 56.2 Å². The van der Waals surface area contributed by atoms with Gasteiger partial charge in [0.2, 0.25) is 0 Å². The molecule has 4 nitrogen and oxygen atoms in total. The summed E-state index contributed by atoms with van der Waals surface area (Å²) < 4.78 is 6.54. The number of carbonyl (C=O) groups is 1. The van der Waals surface area contributed by atoms with E-state index < -0.39 is 0 Å². The topological polar surface area (TPSA) is 49.8 Å². The van der Waals surface area contributed by atoms with Gasteiger partial charge >= 0.3 is 0 Å². The fraction of sp³-hybridized carbons (Fsp3) is 0.200. The van der Waals surface area contributed by atoms with Gasteiger partial charge in [-0.1, -0.05) is 46.0 Å². The third-order valence-corrected chi connectivity index (χ3v) is 4.91. The molecule has 7 heteroatoms. The normalized spacial score (nSPS) is 16.5. The summed E-state index contributed by atoms with van der Waals surface area (Å²) in [6.07, 6.45) is 3.37. The number of rotatable bonds is 5. The summed E-state index contributed by atoms with van der Waals surface area (Å²) in [6.45, 7) is 6.29. The molecular formula is C15H14BrNO3S2. The number of thioether (sulfide) groups is 1. The summed E-state index contributed by atoms with van der Waals surface area (Å²) >= 11 is 9.82. The molecular weight excluding hydrogens is 386 g/mol. The van der Waals surface area contributed by atoms with Crippen LogP contribution in [0.3, 0.4) is 0 Å². The zero-order valence-electron chi connectivity index (χ0n) is 11.8. The molecule has 1 heterocycles. The summed E-state index contributed by atoms with van der Waals surface area (Å²) in [4.78, 5) is 14.3. The van der Waals surface area contributed by atoms with Crippen molar-refractivity contribution in [2.24, 2.45) is 0 Å². The van der Waals surface area contributed by atoms with Gasteiger partial charge in [-0.2, -0.15) is 0 Å². The molecule has 0 saturated carbocycles. The Kier molecular flexibility index (Phi) is 5.66. The van der Waals surface area contributed by atoms with Gasteiger partial charge in [-0.3, -0.25) is 9.69 Å². The third kappa shape index (κ3) is 3.53. The minimum Gasteiger partial charge on any atom is -0.504 e. The highest BCUT2D eigenvalue weighted by Crippen LogP contribution is 2.37. The molecule has 2 rings (SSSR count).